The summed E-state index contributed by atoms with van der Waals surface area (Å²) in [5.41, 5.74) is 2.84. The van der Waals surface area contributed by atoms with Crippen molar-refractivity contribution in [2.45, 2.75) is 66.3 Å². The predicted octanol–water partition coefficient (Wildman–Crippen LogP) is 4.33. The Kier molecular flexibility index (Phi) is 5.39. The lowest BCUT2D eigenvalue weighted by Crippen LogP contribution is -2.44. The molecule has 0 bridgehead atoms. The van der Waals surface area contributed by atoms with Crippen molar-refractivity contribution >= 4 is 5.91 Å². The molecule has 0 fully saturated rings. The topological polar surface area (TPSA) is 20.3 Å². The van der Waals surface area contributed by atoms with Crippen molar-refractivity contribution in [1.82, 2.24) is 4.90 Å². The summed E-state index contributed by atoms with van der Waals surface area (Å²) in [7, 11) is 0. The van der Waals surface area contributed by atoms with E-state index in [-0.39, 0.29) is 11.4 Å². The Labute approximate surface area is 118 Å². The van der Waals surface area contributed by atoms with E-state index in [4.69, 9.17) is 0 Å². The Morgan fingerprint density at radius 1 is 1.42 bits per heavy atom. The molecular formula is C17H29NO. The summed E-state index contributed by atoms with van der Waals surface area (Å²) >= 11 is 0. The Bertz CT molecular complexity index is 385. The molecule has 2 heteroatoms. The average Bonchev–Trinajstić information content (AvgIpc) is 2.27. The van der Waals surface area contributed by atoms with Crippen LogP contribution in [0.4, 0.5) is 0 Å². The number of hydrogen-bond donors (Lipinski definition) is 0. The number of allylic oxidation sites excluding steroid dienone is 3. The number of carbonyl (C=O) groups is 1. The van der Waals surface area contributed by atoms with Crippen molar-refractivity contribution < 1.29 is 4.79 Å². The zero-order chi connectivity index (χ0) is 14.6. The van der Waals surface area contributed by atoms with Gasteiger partial charge in [0.2, 0.25) is 5.91 Å². The van der Waals surface area contributed by atoms with Gasteiger partial charge in [0.05, 0.1) is 0 Å². The monoisotopic (exact) mass is 263 g/mol. The Hall–Kier alpha value is -1.05. The van der Waals surface area contributed by atoms with Gasteiger partial charge in [-0.3, -0.25) is 4.79 Å². The zero-order valence-electron chi connectivity index (χ0n) is 13.4. The first-order chi connectivity index (χ1) is 8.71. The fourth-order valence-corrected chi connectivity index (χ4v) is 2.66. The highest BCUT2D eigenvalue weighted by molar-refractivity contribution is 5.74. The van der Waals surface area contributed by atoms with E-state index in [1.807, 2.05) is 4.90 Å². The molecule has 0 aromatic carbocycles. The molecule has 0 heterocycles. The van der Waals surface area contributed by atoms with Gasteiger partial charge in [-0.1, -0.05) is 23.3 Å². The number of hydrogen-bond acceptors (Lipinski definition) is 1. The van der Waals surface area contributed by atoms with Gasteiger partial charge in [0.25, 0.3) is 0 Å². The molecule has 19 heavy (non-hydrogen) atoms. The molecule has 1 atom stereocenters. The average molecular weight is 263 g/mol. The maximum Gasteiger partial charge on any atom is 0.220 e. The number of carbonyl (C=O) groups excluding carboxylic acids is 1. The van der Waals surface area contributed by atoms with Crippen molar-refractivity contribution in [3.8, 4) is 0 Å². The van der Waals surface area contributed by atoms with Crippen molar-refractivity contribution in [2.75, 3.05) is 6.54 Å². The van der Waals surface area contributed by atoms with Crippen LogP contribution in [0.2, 0.25) is 0 Å². The van der Waals surface area contributed by atoms with Gasteiger partial charge in [-0.2, -0.15) is 0 Å². The van der Waals surface area contributed by atoms with Crippen LogP contribution in [0.1, 0.15) is 60.8 Å². The van der Waals surface area contributed by atoms with Crippen LogP contribution in [0.5, 0.6) is 0 Å². The molecule has 108 valence electrons. The van der Waals surface area contributed by atoms with Crippen molar-refractivity contribution in [3.05, 3.63) is 23.3 Å². The second-order valence-electron chi connectivity index (χ2n) is 6.77. The molecule has 0 aromatic rings. The van der Waals surface area contributed by atoms with Gasteiger partial charge in [-0.15, -0.1) is 0 Å². The zero-order valence-corrected chi connectivity index (χ0v) is 13.4. The fourth-order valence-electron chi connectivity index (χ4n) is 2.66. The molecule has 1 aliphatic carbocycles. The second-order valence-corrected chi connectivity index (χ2v) is 6.77. The van der Waals surface area contributed by atoms with Gasteiger partial charge >= 0.3 is 0 Å². The third kappa shape index (κ3) is 4.85. The molecular weight excluding hydrogens is 234 g/mol. The molecule has 0 spiro atoms. The van der Waals surface area contributed by atoms with Crippen LogP contribution in [-0.2, 0) is 4.79 Å². The van der Waals surface area contributed by atoms with Gasteiger partial charge in [0.15, 0.2) is 0 Å². The van der Waals surface area contributed by atoms with E-state index in [2.05, 4.69) is 46.8 Å². The lowest BCUT2D eigenvalue weighted by molar-refractivity contribution is -0.132. The van der Waals surface area contributed by atoms with Crippen LogP contribution >= 0.6 is 0 Å². The van der Waals surface area contributed by atoms with E-state index < -0.39 is 0 Å². The Balaban J connectivity index is 2.66. The van der Waals surface area contributed by atoms with Crippen LogP contribution in [0.25, 0.3) is 0 Å². The predicted molar refractivity (Wildman–Crippen MR) is 82.0 cm³/mol. The first-order valence-corrected chi connectivity index (χ1v) is 7.32. The van der Waals surface area contributed by atoms with Crippen LogP contribution in [0.15, 0.2) is 23.3 Å². The molecule has 0 aromatic heterocycles. The van der Waals surface area contributed by atoms with Gasteiger partial charge in [-0.05, 0) is 59.8 Å². The number of amides is 1. The first kappa shape index (κ1) is 16.0. The Morgan fingerprint density at radius 2 is 2.05 bits per heavy atom. The van der Waals surface area contributed by atoms with Crippen molar-refractivity contribution in [1.29, 1.82) is 0 Å². The first-order valence-electron chi connectivity index (χ1n) is 7.32. The molecule has 0 saturated heterocycles. The summed E-state index contributed by atoms with van der Waals surface area (Å²) in [6.07, 6.45) is 8.22. The van der Waals surface area contributed by atoms with Gasteiger partial charge < -0.3 is 4.90 Å². The summed E-state index contributed by atoms with van der Waals surface area (Å²) in [6, 6.07) is 0. The quantitative estimate of drug-likeness (QED) is 0.694. The minimum Gasteiger partial charge on any atom is -0.334 e. The summed E-state index contributed by atoms with van der Waals surface area (Å²) in [5, 5.41) is 0. The van der Waals surface area contributed by atoms with E-state index in [0.717, 1.165) is 13.0 Å². The van der Waals surface area contributed by atoms with Crippen LogP contribution in [0.3, 0.4) is 0 Å². The SMILES string of the molecule is CC(=O)N(C/C=C(\C)C1CC=C(C)CC1)C(C)(C)C. The molecule has 1 amide bonds. The molecule has 0 radical (unpaired) electrons. The van der Waals surface area contributed by atoms with E-state index >= 15 is 0 Å². The summed E-state index contributed by atoms with van der Waals surface area (Å²) in [6.45, 7) is 13.1. The minimum absolute atomic E-state index is 0.105. The van der Waals surface area contributed by atoms with Crippen LogP contribution < -0.4 is 0 Å². The minimum atomic E-state index is -0.105. The largest absolute Gasteiger partial charge is 0.334 e. The van der Waals surface area contributed by atoms with Gasteiger partial charge in [-0.25, -0.2) is 0 Å². The summed E-state index contributed by atoms with van der Waals surface area (Å²) < 4.78 is 0. The molecule has 0 aliphatic heterocycles. The van der Waals surface area contributed by atoms with Gasteiger partial charge in [0.1, 0.15) is 0 Å². The molecule has 0 saturated carbocycles. The highest BCUT2D eigenvalue weighted by Crippen LogP contribution is 2.28. The molecule has 1 aliphatic rings. The van der Waals surface area contributed by atoms with E-state index in [0.29, 0.717) is 5.92 Å². The number of rotatable bonds is 3. The third-order valence-corrected chi connectivity index (χ3v) is 4.07. The standard InChI is InChI=1S/C17H29NO/c1-13-7-9-16(10-8-13)14(2)11-12-18(15(3)19)17(4,5)6/h7,11,16H,8-10,12H2,1-6H3/b14-11+. The highest BCUT2D eigenvalue weighted by Gasteiger charge is 2.23. The highest BCUT2D eigenvalue weighted by atomic mass is 16.2. The lowest BCUT2D eigenvalue weighted by atomic mass is 9.85. The number of nitrogens with zero attached hydrogens (tertiary/aromatic N) is 1. The molecule has 1 rings (SSSR count). The van der Waals surface area contributed by atoms with E-state index in [1.54, 1.807) is 6.92 Å². The summed E-state index contributed by atoms with van der Waals surface area (Å²) in [5.74, 6) is 0.813. The molecule has 2 nitrogen and oxygen atoms in total. The third-order valence-electron chi connectivity index (χ3n) is 4.07. The second kappa shape index (κ2) is 6.40. The van der Waals surface area contributed by atoms with E-state index in [1.165, 1.54) is 24.0 Å². The van der Waals surface area contributed by atoms with E-state index in [9.17, 15) is 4.79 Å². The van der Waals surface area contributed by atoms with Crippen molar-refractivity contribution in [3.63, 3.8) is 0 Å². The van der Waals surface area contributed by atoms with Crippen molar-refractivity contribution in [2.24, 2.45) is 5.92 Å². The Morgan fingerprint density at radius 3 is 2.47 bits per heavy atom. The maximum absolute atomic E-state index is 11.7. The smallest absolute Gasteiger partial charge is 0.220 e. The maximum atomic E-state index is 11.7. The summed E-state index contributed by atoms with van der Waals surface area (Å²) in [4.78, 5) is 13.6. The normalized spacial score (nSPS) is 21.1. The van der Waals surface area contributed by atoms with Gasteiger partial charge in [0, 0.05) is 19.0 Å². The lowest BCUT2D eigenvalue weighted by Gasteiger charge is -2.34. The molecule has 1 unspecified atom stereocenters. The van der Waals surface area contributed by atoms with Crippen LogP contribution in [-0.4, -0.2) is 22.9 Å². The fraction of sp³-hybridized carbons (Fsp3) is 0.706. The van der Waals surface area contributed by atoms with Crippen LogP contribution in [0, 0.1) is 5.92 Å². The molecule has 0 N–H and O–H groups in total.